The maximum Gasteiger partial charge on any atom is 0.267 e. The van der Waals surface area contributed by atoms with Crippen LogP contribution in [0.4, 0.5) is 0 Å². The third-order valence-electron chi connectivity index (χ3n) is 3.72. The van der Waals surface area contributed by atoms with Crippen molar-refractivity contribution in [1.82, 2.24) is 0 Å². The highest BCUT2D eigenvalue weighted by Gasteiger charge is 2.35. The average molecular weight is 314 g/mol. The summed E-state index contributed by atoms with van der Waals surface area (Å²) >= 11 is 3.41. The second-order valence-corrected chi connectivity index (χ2v) is 8.27. The molecule has 1 aliphatic rings. The van der Waals surface area contributed by atoms with E-state index in [-0.39, 0.29) is 5.92 Å². The first kappa shape index (κ1) is 13.3. The van der Waals surface area contributed by atoms with Crippen LogP contribution < -0.4 is 0 Å². The van der Waals surface area contributed by atoms with Crippen molar-refractivity contribution in [2.75, 3.05) is 0 Å². The first-order chi connectivity index (χ1) is 9.02. The molecule has 0 saturated carbocycles. The van der Waals surface area contributed by atoms with Crippen LogP contribution in [0.25, 0.3) is 9.75 Å². The highest BCUT2D eigenvalue weighted by Crippen LogP contribution is 2.52. The largest absolute Gasteiger partial charge is 0.285 e. The van der Waals surface area contributed by atoms with Crippen molar-refractivity contribution >= 4 is 32.8 Å². The molecule has 0 bridgehead atoms. The highest BCUT2D eigenvalue weighted by atomic mass is 32.2. The van der Waals surface area contributed by atoms with E-state index in [1.165, 1.54) is 20.9 Å². The van der Waals surface area contributed by atoms with E-state index in [1.807, 2.05) is 0 Å². The van der Waals surface area contributed by atoms with Crippen LogP contribution >= 0.6 is 22.7 Å². The number of rotatable bonds is 4. The zero-order chi connectivity index (χ0) is 13.6. The summed E-state index contributed by atoms with van der Waals surface area (Å²) in [4.78, 5) is 2.53. The van der Waals surface area contributed by atoms with Crippen LogP contribution in [0, 0.1) is 0 Å². The lowest BCUT2D eigenvalue weighted by Crippen LogP contribution is -2.22. The molecule has 2 aromatic rings. The normalized spacial score (nSPS) is 16.3. The molecule has 0 amide bonds. The molecule has 1 N–H and O–H groups in total. The van der Waals surface area contributed by atoms with Crippen LogP contribution in [-0.4, -0.2) is 18.2 Å². The van der Waals surface area contributed by atoms with Crippen molar-refractivity contribution < 1.29 is 13.0 Å². The average Bonchev–Trinajstić information content (AvgIpc) is 2.98. The molecule has 1 atom stereocenters. The Morgan fingerprint density at radius 3 is 2.16 bits per heavy atom. The Bertz CT molecular complexity index is 656. The van der Waals surface area contributed by atoms with Gasteiger partial charge in [-0.1, -0.05) is 6.92 Å². The minimum Gasteiger partial charge on any atom is -0.285 e. The SMILES string of the molecule is CCC(CC1c2ccsc2-c2sccc21)S(=O)(=O)O. The fourth-order valence-corrected chi connectivity index (χ4v) is 5.73. The topological polar surface area (TPSA) is 54.4 Å². The minimum absolute atomic E-state index is 0.106. The summed E-state index contributed by atoms with van der Waals surface area (Å²) in [5.74, 6) is 0.106. The van der Waals surface area contributed by atoms with Crippen LogP contribution in [0.1, 0.15) is 36.8 Å². The number of thiophene rings is 2. The van der Waals surface area contributed by atoms with Crippen molar-refractivity contribution in [3.05, 3.63) is 34.0 Å². The molecule has 102 valence electrons. The Balaban J connectivity index is 1.99. The predicted molar refractivity (Wildman–Crippen MR) is 79.7 cm³/mol. The molecule has 2 aromatic heterocycles. The van der Waals surface area contributed by atoms with Gasteiger partial charge in [0.05, 0.1) is 5.25 Å². The predicted octanol–water partition coefficient (Wildman–Crippen LogP) is 3.98. The van der Waals surface area contributed by atoms with Crippen LogP contribution in [0.3, 0.4) is 0 Å². The summed E-state index contributed by atoms with van der Waals surface area (Å²) in [5, 5.41) is 3.42. The molecule has 19 heavy (non-hydrogen) atoms. The zero-order valence-corrected chi connectivity index (χ0v) is 12.8. The molecule has 3 nitrogen and oxygen atoms in total. The van der Waals surface area contributed by atoms with Gasteiger partial charge in [0.25, 0.3) is 10.1 Å². The lowest BCUT2D eigenvalue weighted by molar-refractivity contribution is 0.455. The van der Waals surface area contributed by atoms with E-state index < -0.39 is 15.4 Å². The highest BCUT2D eigenvalue weighted by molar-refractivity contribution is 7.86. The van der Waals surface area contributed by atoms with Gasteiger partial charge in [-0.25, -0.2) is 0 Å². The zero-order valence-electron chi connectivity index (χ0n) is 10.4. The quantitative estimate of drug-likeness (QED) is 0.869. The van der Waals surface area contributed by atoms with E-state index in [9.17, 15) is 13.0 Å². The molecule has 0 spiro atoms. The third kappa shape index (κ3) is 2.16. The van der Waals surface area contributed by atoms with Crippen molar-refractivity contribution in [1.29, 1.82) is 0 Å². The van der Waals surface area contributed by atoms with Gasteiger partial charge in [-0.2, -0.15) is 8.42 Å². The van der Waals surface area contributed by atoms with Crippen LogP contribution in [0.15, 0.2) is 22.9 Å². The van der Waals surface area contributed by atoms with Gasteiger partial charge in [0.1, 0.15) is 0 Å². The Morgan fingerprint density at radius 2 is 1.74 bits per heavy atom. The Labute approximate surface area is 120 Å². The molecule has 0 fully saturated rings. The van der Waals surface area contributed by atoms with Crippen molar-refractivity contribution in [3.63, 3.8) is 0 Å². The van der Waals surface area contributed by atoms with Gasteiger partial charge in [0.2, 0.25) is 0 Å². The third-order valence-corrected chi connectivity index (χ3v) is 7.12. The molecule has 6 heteroatoms. The number of hydrogen-bond donors (Lipinski definition) is 1. The lowest BCUT2D eigenvalue weighted by atomic mass is 9.93. The molecular weight excluding hydrogens is 300 g/mol. The maximum atomic E-state index is 11.4. The molecule has 0 saturated heterocycles. The molecule has 1 unspecified atom stereocenters. The molecule has 2 heterocycles. The van der Waals surface area contributed by atoms with E-state index in [4.69, 9.17) is 0 Å². The molecule has 0 aromatic carbocycles. The van der Waals surface area contributed by atoms with Crippen LogP contribution in [0.2, 0.25) is 0 Å². The fraction of sp³-hybridized carbons (Fsp3) is 0.385. The van der Waals surface area contributed by atoms with Crippen LogP contribution in [0.5, 0.6) is 0 Å². The van der Waals surface area contributed by atoms with Gasteiger partial charge >= 0.3 is 0 Å². The van der Waals surface area contributed by atoms with Gasteiger partial charge in [0.15, 0.2) is 0 Å². The summed E-state index contributed by atoms with van der Waals surface area (Å²) in [5.41, 5.74) is 2.43. The Hall–Kier alpha value is -0.690. The summed E-state index contributed by atoms with van der Waals surface area (Å²) in [7, 11) is -3.97. The van der Waals surface area contributed by atoms with Gasteiger partial charge in [-0.05, 0) is 46.9 Å². The fourth-order valence-electron chi connectivity index (χ4n) is 2.74. The van der Waals surface area contributed by atoms with Crippen LogP contribution in [-0.2, 0) is 10.1 Å². The summed E-state index contributed by atoms with van der Waals surface area (Å²) in [6.07, 6.45) is 0.900. The summed E-state index contributed by atoms with van der Waals surface area (Å²) < 4.78 is 32.1. The van der Waals surface area contributed by atoms with Gasteiger partial charge in [-0.3, -0.25) is 4.55 Å². The number of fused-ring (bicyclic) bond motifs is 3. The maximum absolute atomic E-state index is 11.4. The molecular formula is C13H14O3S3. The van der Waals surface area contributed by atoms with E-state index >= 15 is 0 Å². The molecule has 1 aliphatic carbocycles. The lowest BCUT2D eigenvalue weighted by Gasteiger charge is -2.17. The van der Waals surface area contributed by atoms with Crippen molar-refractivity contribution in [3.8, 4) is 9.75 Å². The monoisotopic (exact) mass is 314 g/mol. The first-order valence-electron chi connectivity index (χ1n) is 6.13. The van der Waals surface area contributed by atoms with Gasteiger partial charge < -0.3 is 0 Å². The second kappa shape index (κ2) is 4.70. The minimum atomic E-state index is -3.97. The Morgan fingerprint density at radius 1 is 1.21 bits per heavy atom. The van der Waals surface area contributed by atoms with E-state index in [0.29, 0.717) is 12.8 Å². The standard InChI is InChI=1S/C13H14O3S3/c1-2-8(19(14,15)16)7-11-9-3-5-17-12(9)13-10(11)4-6-18-13/h3-6,8,11H,2,7H2,1H3,(H,14,15,16). The summed E-state index contributed by atoms with van der Waals surface area (Å²) in [6, 6.07) is 4.15. The molecule has 0 aliphatic heterocycles. The smallest absolute Gasteiger partial charge is 0.267 e. The van der Waals surface area contributed by atoms with E-state index in [1.54, 1.807) is 29.6 Å². The number of hydrogen-bond acceptors (Lipinski definition) is 4. The summed E-state index contributed by atoms with van der Waals surface area (Å²) in [6.45, 7) is 1.80. The van der Waals surface area contributed by atoms with Gasteiger partial charge in [0, 0.05) is 15.7 Å². The van der Waals surface area contributed by atoms with Crippen molar-refractivity contribution in [2.24, 2.45) is 0 Å². The first-order valence-corrected chi connectivity index (χ1v) is 9.40. The second-order valence-electron chi connectivity index (χ2n) is 4.74. The Kier molecular flexibility index (Phi) is 3.29. The van der Waals surface area contributed by atoms with Crippen molar-refractivity contribution in [2.45, 2.75) is 30.9 Å². The van der Waals surface area contributed by atoms with Gasteiger partial charge in [-0.15, -0.1) is 22.7 Å². The molecule has 0 radical (unpaired) electrons. The molecule has 3 rings (SSSR count). The van der Waals surface area contributed by atoms with E-state index in [2.05, 4.69) is 22.9 Å². The van der Waals surface area contributed by atoms with E-state index in [0.717, 1.165) is 0 Å².